The van der Waals surface area contributed by atoms with E-state index in [2.05, 4.69) is 10.2 Å². The Labute approximate surface area is 234 Å². The zero-order valence-electron chi connectivity index (χ0n) is 22.4. The first-order valence-electron chi connectivity index (χ1n) is 13.1. The summed E-state index contributed by atoms with van der Waals surface area (Å²) in [5.74, 6) is 1.92. The van der Waals surface area contributed by atoms with Gasteiger partial charge in [0.05, 0.1) is 30.4 Å². The normalized spacial score (nSPS) is 19.8. The van der Waals surface area contributed by atoms with Gasteiger partial charge in [0.15, 0.2) is 5.82 Å². The Hall–Kier alpha value is -3.31. The zero-order valence-corrected chi connectivity index (χ0v) is 23.1. The highest BCUT2D eigenvalue weighted by Crippen LogP contribution is 2.38. The van der Waals surface area contributed by atoms with E-state index in [1.54, 1.807) is 26.8 Å². The standard InChI is InChI=1S/C28H30ClF3N4O4/c1-27(2,3)39-26(37)40-35-15-18-14-20(29)8-13-23(18)36-24(16-35)33-34-25(36)17-4-9-21(10-5-17)38-22-11-6-19(7-12-22)28(30,31)32/h6-8,11-14,17,21H,4-5,9-10,15-16H2,1-3H3/t17-,21-. The Morgan fingerprint density at radius 2 is 1.68 bits per heavy atom. The second kappa shape index (κ2) is 10.9. The maximum Gasteiger partial charge on any atom is 0.528 e. The van der Waals surface area contributed by atoms with Crippen molar-refractivity contribution in [2.45, 2.75) is 83.3 Å². The number of alkyl halides is 3. The number of benzene rings is 2. The average Bonchev–Trinajstić information content (AvgIpc) is 3.20. The highest BCUT2D eigenvalue weighted by atomic mass is 35.5. The van der Waals surface area contributed by atoms with Crippen LogP contribution < -0.4 is 4.74 Å². The summed E-state index contributed by atoms with van der Waals surface area (Å²) < 4.78 is 51.9. The van der Waals surface area contributed by atoms with Crippen molar-refractivity contribution in [1.82, 2.24) is 19.8 Å². The lowest BCUT2D eigenvalue weighted by molar-refractivity contribution is -0.155. The van der Waals surface area contributed by atoms with E-state index in [0.29, 0.717) is 16.6 Å². The number of ether oxygens (including phenoxy) is 2. The second-order valence-corrected chi connectivity index (χ2v) is 11.5. The van der Waals surface area contributed by atoms with Crippen LogP contribution in [0.3, 0.4) is 0 Å². The maximum atomic E-state index is 12.9. The smallest absolute Gasteiger partial charge is 0.490 e. The third kappa shape index (κ3) is 6.52. The SMILES string of the molecule is CC(C)(C)OC(=O)ON1Cc2cc(Cl)ccc2-n2c(nnc2[C@H]2CC[C@H](Oc3ccc(C(F)(F)F)cc3)CC2)C1. The number of hydroxylamine groups is 2. The monoisotopic (exact) mass is 578 g/mol. The molecule has 1 aromatic heterocycles. The van der Waals surface area contributed by atoms with Crippen LogP contribution in [0.25, 0.3) is 5.69 Å². The molecular weight excluding hydrogens is 549 g/mol. The number of carbonyl (C=O) groups is 1. The first kappa shape index (κ1) is 28.2. The third-order valence-corrected chi connectivity index (χ3v) is 7.05. The highest BCUT2D eigenvalue weighted by molar-refractivity contribution is 6.30. The molecule has 1 saturated carbocycles. The van der Waals surface area contributed by atoms with Crippen molar-refractivity contribution in [2.24, 2.45) is 0 Å². The Morgan fingerprint density at radius 3 is 2.33 bits per heavy atom. The molecule has 0 radical (unpaired) electrons. The van der Waals surface area contributed by atoms with E-state index < -0.39 is 23.5 Å². The van der Waals surface area contributed by atoms with Gasteiger partial charge in [-0.3, -0.25) is 4.57 Å². The highest BCUT2D eigenvalue weighted by Gasteiger charge is 2.33. The molecule has 214 valence electrons. The molecule has 0 spiro atoms. The van der Waals surface area contributed by atoms with Gasteiger partial charge in [-0.1, -0.05) is 11.6 Å². The predicted molar refractivity (Wildman–Crippen MR) is 140 cm³/mol. The maximum absolute atomic E-state index is 12.9. The molecule has 0 N–H and O–H groups in total. The first-order chi connectivity index (χ1) is 18.9. The van der Waals surface area contributed by atoms with Crippen molar-refractivity contribution in [1.29, 1.82) is 0 Å². The van der Waals surface area contributed by atoms with Gasteiger partial charge >= 0.3 is 12.3 Å². The lowest BCUT2D eigenvalue weighted by atomic mass is 9.86. The van der Waals surface area contributed by atoms with Gasteiger partial charge < -0.3 is 14.3 Å². The van der Waals surface area contributed by atoms with Crippen LogP contribution in [0.2, 0.25) is 5.02 Å². The van der Waals surface area contributed by atoms with Crippen molar-refractivity contribution in [3.05, 3.63) is 70.3 Å². The van der Waals surface area contributed by atoms with Crippen LogP contribution in [0.5, 0.6) is 5.75 Å². The summed E-state index contributed by atoms with van der Waals surface area (Å²) in [5.41, 5.74) is 0.299. The predicted octanol–water partition coefficient (Wildman–Crippen LogP) is 7.23. The largest absolute Gasteiger partial charge is 0.528 e. The van der Waals surface area contributed by atoms with E-state index in [-0.39, 0.29) is 25.1 Å². The number of halogens is 4. The van der Waals surface area contributed by atoms with E-state index in [0.717, 1.165) is 54.9 Å². The number of aromatic nitrogens is 3. The molecule has 12 heteroatoms. The Bertz CT molecular complexity index is 1360. The molecule has 1 aliphatic heterocycles. The molecule has 0 atom stereocenters. The molecule has 1 fully saturated rings. The summed E-state index contributed by atoms with van der Waals surface area (Å²) in [7, 11) is 0. The molecule has 5 rings (SSSR count). The minimum atomic E-state index is -4.38. The van der Waals surface area contributed by atoms with E-state index in [9.17, 15) is 18.0 Å². The second-order valence-electron chi connectivity index (χ2n) is 11.1. The topological polar surface area (TPSA) is 78.7 Å². The first-order valence-corrected chi connectivity index (χ1v) is 13.5. The van der Waals surface area contributed by atoms with E-state index in [1.807, 2.05) is 16.7 Å². The average molecular weight is 579 g/mol. The van der Waals surface area contributed by atoms with Gasteiger partial charge in [0.1, 0.15) is 17.2 Å². The number of fused-ring (bicyclic) bond motifs is 3. The number of hydrogen-bond acceptors (Lipinski definition) is 7. The molecular formula is C28H30ClF3N4O4. The Kier molecular flexibility index (Phi) is 7.71. The van der Waals surface area contributed by atoms with Gasteiger partial charge in [-0.2, -0.15) is 13.2 Å². The molecule has 1 aliphatic carbocycles. The fraction of sp³-hybridized carbons (Fsp3) is 0.464. The van der Waals surface area contributed by atoms with Crippen molar-refractivity contribution in [3.8, 4) is 11.4 Å². The number of carbonyl (C=O) groups excluding carboxylic acids is 1. The summed E-state index contributed by atoms with van der Waals surface area (Å²) in [6.07, 6.45) is -2.33. The number of nitrogens with zero attached hydrogens (tertiary/aromatic N) is 4. The lowest BCUT2D eigenvalue weighted by Crippen LogP contribution is -2.31. The van der Waals surface area contributed by atoms with Gasteiger partial charge in [0, 0.05) is 10.9 Å². The van der Waals surface area contributed by atoms with Crippen LogP contribution >= 0.6 is 11.6 Å². The van der Waals surface area contributed by atoms with Gasteiger partial charge in [-0.05, 0) is 94.5 Å². The number of hydrogen-bond donors (Lipinski definition) is 0. The van der Waals surface area contributed by atoms with E-state index in [1.165, 1.54) is 17.2 Å². The Balaban J connectivity index is 1.31. The van der Waals surface area contributed by atoms with Crippen molar-refractivity contribution in [3.63, 3.8) is 0 Å². The van der Waals surface area contributed by atoms with Crippen LogP contribution in [-0.4, -0.2) is 37.7 Å². The molecule has 2 heterocycles. The fourth-order valence-corrected chi connectivity index (χ4v) is 5.25. The van der Waals surface area contributed by atoms with Gasteiger partial charge in [0.2, 0.25) is 0 Å². The molecule has 8 nitrogen and oxygen atoms in total. The summed E-state index contributed by atoms with van der Waals surface area (Å²) in [6.45, 7) is 5.77. The van der Waals surface area contributed by atoms with Crippen LogP contribution in [0, 0.1) is 0 Å². The van der Waals surface area contributed by atoms with Crippen LogP contribution in [-0.2, 0) is 28.8 Å². The fourth-order valence-electron chi connectivity index (χ4n) is 5.05. The molecule has 0 saturated heterocycles. The van der Waals surface area contributed by atoms with Crippen LogP contribution in [0.4, 0.5) is 18.0 Å². The van der Waals surface area contributed by atoms with E-state index >= 15 is 0 Å². The van der Waals surface area contributed by atoms with Crippen molar-refractivity contribution < 1.29 is 32.3 Å². The minimum absolute atomic E-state index is 0.0931. The molecule has 2 aliphatic rings. The van der Waals surface area contributed by atoms with Crippen molar-refractivity contribution in [2.75, 3.05) is 0 Å². The Morgan fingerprint density at radius 1 is 0.975 bits per heavy atom. The molecule has 2 aromatic carbocycles. The molecule has 0 unspecified atom stereocenters. The van der Waals surface area contributed by atoms with Crippen molar-refractivity contribution >= 4 is 17.8 Å². The lowest BCUT2D eigenvalue weighted by Gasteiger charge is -2.29. The molecule has 0 amide bonds. The van der Waals surface area contributed by atoms with E-state index in [4.69, 9.17) is 25.9 Å². The quantitative estimate of drug-likeness (QED) is 0.302. The summed E-state index contributed by atoms with van der Waals surface area (Å²) in [4.78, 5) is 17.9. The number of rotatable bonds is 4. The van der Waals surface area contributed by atoms with Gasteiger partial charge in [-0.15, -0.1) is 15.3 Å². The summed E-state index contributed by atoms with van der Waals surface area (Å²) in [5, 5.41) is 11.0. The molecule has 3 aromatic rings. The van der Waals surface area contributed by atoms with Gasteiger partial charge in [0.25, 0.3) is 0 Å². The van der Waals surface area contributed by atoms with Gasteiger partial charge in [-0.25, -0.2) is 4.79 Å². The minimum Gasteiger partial charge on any atom is -0.490 e. The summed E-state index contributed by atoms with van der Waals surface area (Å²) in [6, 6.07) is 10.3. The molecule has 0 bridgehead atoms. The van der Waals surface area contributed by atoms with Crippen LogP contribution in [0.15, 0.2) is 42.5 Å². The third-order valence-electron chi connectivity index (χ3n) is 6.82. The molecule has 40 heavy (non-hydrogen) atoms. The summed E-state index contributed by atoms with van der Waals surface area (Å²) >= 11 is 6.31. The van der Waals surface area contributed by atoms with Crippen LogP contribution in [0.1, 0.15) is 75.1 Å². The zero-order chi connectivity index (χ0) is 28.7.